The minimum atomic E-state index is 0.229. The van der Waals surface area contributed by atoms with Gasteiger partial charge in [0.15, 0.2) is 0 Å². The van der Waals surface area contributed by atoms with E-state index in [1.807, 2.05) is 0 Å². The van der Waals surface area contributed by atoms with Crippen LogP contribution >= 0.6 is 12.2 Å². The molecule has 2 rings (SSSR count). The van der Waals surface area contributed by atoms with Crippen molar-refractivity contribution in [3.05, 3.63) is 40.9 Å². The van der Waals surface area contributed by atoms with Crippen LogP contribution in [0.4, 0.5) is 0 Å². The molecule has 0 unspecified atom stereocenters. The van der Waals surface area contributed by atoms with Crippen LogP contribution in [0.2, 0.25) is 0 Å². The largest absolute Gasteiger partial charge is 0.508 e. The van der Waals surface area contributed by atoms with Gasteiger partial charge >= 0.3 is 0 Å². The van der Waals surface area contributed by atoms with Crippen LogP contribution in [0.25, 0.3) is 0 Å². The topological polar surface area (TPSA) is 66.2 Å². The quantitative estimate of drug-likeness (QED) is 0.595. The molecule has 0 spiro atoms. The Morgan fingerprint density at radius 1 is 1.40 bits per heavy atom. The first-order chi connectivity index (χ1) is 7.25. The highest BCUT2D eigenvalue weighted by molar-refractivity contribution is 7.71. The van der Waals surface area contributed by atoms with Gasteiger partial charge in [-0.2, -0.15) is 14.9 Å². The van der Waals surface area contributed by atoms with Crippen LogP contribution in [-0.2, 0) is 0 Å². The third-order valence-corrected chi connectivity index (χ3v) is 2.04. The number of aromatic hydroxyl groups is 1. The van der Waals surface area contributed by atoms with Crippen LogP contribution in [0.15, 0.2) is 35.7 Å². The van der Waals surface area contributed by atoms with Crippen molar-refractivity contribution in [3.63, 3.8) is 0 Å². The Labute approximate surface area is 90.7 Å². The number of rotatable bonds is 2. The number of H-pyrrole nitrogens is 1. The van der Waals surface area contributed by atoms with Crippen molar-refractivity contribution in [2.45, 2.75) is 0 Å². The number of nitrogens with one attached hydrogen (secondary N) is 1. The van der Waals surface area contributed by atoms with E-state index in [4.69, 9.17) is 17.3 Å². The SMILES string of the molecule is Oc1ccc(C=Nn2cn[nH]c2=S)cc1. The van der Waals surface area contributed by atoms with Crippen LogP contribution < -0.4 is 0 Å². The summed E-state index contributed by atoms with van der Waals surface area (Å²) in [5.74, 6) is 0.229. The summed E-state index contributed by atoms with van der Waals surface area (Å²) >= 11 is 4.91. The lowest BCUT2D eigenvalue weighted by molar-refractivity contribution is 0.475. The minimum absolute atomic E-state index is 0.229. The molecule has 0 fully saturated rings. The zero-order chi connectivity index (χ0) is 10.7. The van der Waals surface area contributed by atoms with Crippen molar-refractivity contribution in [1.29, 1.82) is 0 Å². The monoisotopic (exact) mass is 220 g/mol. The van der Waals surface area contributed by atoms with E-state index in [0.717, 1.165) is 5.56 Å². The maximum atomic E-state index is 9.07. The molecule has 0 aliphatic rings. The first-order valence-electron chi connectivity index (χ1n) is 4.21. The van der Waals surface area contributed by atoms with Gasteiger partial charge in [-0.3, -0.25) is 5.10 Å². The lowest BCUT2D eigenvalue weighted by atomic mass is 10.2. The van der Waals surface area contributed by atoms with E-state index in [9.17, 15) is 0 Å². The number of aromatic nitrogens is 3. The molecule has 0 saturated carbocycles. The van der Waals surface area contributed by atoms with E-state index in [-0.39, 0.29) is 5.75 Å². The molecule has 6 heteroatoms. The smallest absolute Gasteiger partial charge is 0.216 e. The molecule has 15 heavy (non-hydrogen) atoms. The van der Waals surface area contributed by atoms with Gasteiger partial charge in [0.1, 0.15) is 12.1 Å². The summed E-state index contributed by atoms with van der Waals surface area (Å²) in [6.45, 7) is 0. The summed E-state index contributed by atoms with van der Waals surface area (Å²) in [5.41, 5.74) is 0.871. The standard InChI is InChI=1S/C9H8N4OS/c14-8-3-1-7(2-4-8)5-11-13-6-10-12-9(13)15/h1-6,14H,(H,12,15). The first kappa shape index (κ1) is 9.60. The fourth-order valence-corrected chi connectivity index (χ4v) is 1.16. The van der Waals surface area contributed by atoms with Crippen molar-refractivity contribution in [2.24, 2.45) is 5.10 Å². The lowest BCUT2D eigenvalue weighted by Crippen LogP contribution is -1.88. The Bertz CT molecular complexity index is 526. The van der Waals surface area contributed by atoms with Crippen LogP contribution in [0, 0.1) is 4.77 Å². The van der Waals surface area contributed by atoms with E-state index in [1.54, 1.807) is 30.5 Å². The average Bonchev–Trinajstić information content (AvgIpc) is 2.63. The third-order valence-electron chi connectivity index (χ3n) is 1.76. The molecule has 5 nitrogen and oxygen atoms in total. The van der Waals surface area contributed by atoms with Gasteiger partial charge in [0.05, 0.1) is 6.21 Å². The molecule has 0 saturated heterocycles. The number of phenols is 1. The molecule has 0 radical (unpaired) electrons. The molecular weight excluding hydrogens is 212 g/mol. The van der Waals surface area contributed by atoms with Crippen LogP contribution in [0.5, 0.6) is 5.75 Å². The Hall–Kier alpha value is -1.95. The van der Waals surface area contributed by atoms with Gasteiger partial charge in [-0.25, -0.2) is 0 Å². The zero-order valence-corrected chi connectivity index (χ0v) is 8.48. The van der Waals surface area contributed by atoms with Gasteiger partial charge < -0.3 is 5.11 Å². The van der Waals surface area contributed by atoms with Gasteiger partial charge in [0, 0.05) is 0 Å². The minimum Gasteiger partial charge on any atom is -0.508 e. The summed E-state index contributed by atoms with van der Waals surface area (Å²) in [5, 5.41) is 19.5. The zero-order valence-electron chi connectivity index (χ0n) is 7.66. The maximum absolute atomic E-state index is 9.07. The number of benzene rings is 1. The number of aromatic amines is 1. The Morgan fingerprint density at radius 2 is 2.13 bits per heavy atom. The van der Waals surface area contributed by atoms with Gasteiger partial charge in [-0.1, -0.05) is 0 Å². The molecule has 0 aliphatic heterocycles. The Kier molecular flexibility index (Phi) is 2.59. The normalized spacial score (nSPS) is 10.9. The fourth-order valence-electron chi connectivity index (χ4n) is 1.01. The van der Waals surface area contributed by atoms with Crippen molar-refractivity contribution in [1.82, 2.24) is 14.9 Å². The molecule has 1 aromatic carbocycles. The van der Waals surface area contributed by atoms with Crippen molar-refractivity contribution >= 4 is 18.4 Å². The molecule has 0 atom stereocenters. The second-order valence-electron chi connectivity index (χ2n) is 2.84. The highest BCUT2D eigenvalue weighted by atomic mass is 32.1. The molecule has 0 bridgehead atoms. The average molecular weight is 220 g/mol. The Balaban J connectivity index is 2.22. The van der Waals surface area contributed by atoms with Gasteiger partial charge in [0.2, 0.25) is 4.77 Å². The van der Waals surface area contributed by atoms with Crippen LogP contribution in [0.3, 0.4) is 0 Å². The molecule has 1 heterocycles. The van der Waals surface area contributed by atoms with Gasteiger partial charge in [-0.15, -0.1) is 0 Å². The fraction of sp³-hybridized carbons (Fsp3) is 0. The number of hydrogen-bond acceptors (Lipinski definition) is 4. The molecule has 76 valence electrons. The lowest BCUT2D eigenvalue weighted by Gasteiger charge is -1.93. The second kappa shape index (κ2) is 4.05. The molecule has 0 aliphatic carbocycles. The summed E-state index contributed by atoms with van der Waals surface area (Å²) in [7, 11) is 0. The number of hydrogen-bond donors (Lipinski definition) is 2. The van der Waals surface area contributed by atoms with Crippen molar-refractivity contribution in [3.8, 4) is 5.75 Å². The molecule has 0 amide bonds. The van der Waals surface area contributed by atoms with Gasteiger partial charge in [-0.05, 0) is 42.0 Å². The van der Waals surface area contributed by atoms with Crippen LogP contribution in [-0.4, -0.2) is 26.2 Å². The highest BCUT2D eigenvalue weighted by Crippen LogP contribution is 2.07. The molecular formula is C9H8N4OS. The van der Waals surface area contributed by atoms with E-state index < -0.39 is 0 Å². The van der Waals surface area contributed by atoms with Gasteiger partial charge in [0.25, 0.3) is 0 Å². The molecule has 2 N–H and O–H groups in total. The Morgan fingerprint density at radius 3 is 2.73 bits per heavy atom. The van der Waals surface area contributed by atoms with E-state index >= 15 is 0 Å². The second-order valence-corrected chi connectivity index (χ2v) is 3.23. The predicted octanol–water partition coefficient (Wildman–Crippen LogP) is 1.53. The number of nitrogens with zero attached hydrogens (tertiary/aromatic N) is 3. The summed E-state index contributed by atoms with van der Waals surface area (Å²) in [6.07, 6.45) is 3.12. The van der Waals surface area contributed by atoms with Crippen LogP contribution in [0.1, 0.15) is 5.56 Å². The van der Waals surface area contributed by atoms with E-state index in [1.165, 1.54) is 11.0 Å². The van der Waals surface area contributed by atoms with E-state index in [2.05, 4.69) is 15.3 Å². The third kappa shape index (κ3) is 2.29. The van der Waals surface area contributed by atoms with E-state index in [0.29, 0.717) is 4.77 Å². The highest BCUT2D eigenvalue weighted by Gasteiger charge is 1.90. The summed E-state index contributed by atoms with van der Waals surface area (Å²) < 4.78 is 1.88. The predicted molar refractivity (Wildman–Crippen MR) is 58.5 cm³/mol. The van der Waals surface area contributed by atoms with Crippen molar-refractivity contribution in [2.75, 3.05) is 0 Å². The summed E-state index contributed by atoms with van der Waals surface area (Å²) in [4.78, 5) is 0. The molecule has 2 aromatic rings. The number of phenolic OH excluding ortho intramolecular Hbond substituents is 1. The first-order valence-corrected chi connectivity index (χ1v) is 4.62. The summed E-state index contributed by atoms with van der Waals surface area (Å²) in [6, 6.07) is 6.69. The van der Waals surface area contributed by atoms with Crippen molar-refractivity contribution < 1.29 is 5.11 Å². The maximum Gasteiger partial charge on any atom is 0.216 e. The molecule has 1 aromatic heterocycles.